The number of likely N-dealkylation sites (N-methyl/N-ethyl adjacent to an activating group) is 1. The number of aromatic nitrogens is 1. The quantitative estimate of drug-likeness (QED) is 0.541. The number of carbonyl (C=O) groups is 1. The van der Waals surface area contributed by atoms with Crippen LogP contribution in [0.5, 0.6) is 0 Å². The van der Waals surface area contributed by atoms with Crippen molar-refractivity contribution in [3.05, 3.63) is 63.1 Å². The lowest BCUT2D eigenvalue weighted by Gasteiger charge is -2.18. The molecule has 0 aliphatic heterocycles. The zero-order valence-electron chi connectivity index (χ0n) is 13.2. The predicted octanol–water partition coefficient (Wildman–Crippen LogP) is 2.10. The van der Waals surface area contributed by atoms with Gasteiger partial charge in [-0.2, -0.15) is 0 Å². The third-order valence-corrected chi connectivity index (χ3v) is 3.57. The number of carbonyl (C=O) groups excluding carboxylic acids is 1. The minimum absolute atomic E-state index is 0.0739. The highest BCUT2D eigenvalue weighted by Gasteiger charge is 2.18. The number of rotatable bonds is 5. The van der Waals surface area contributed by atoms with E-state index in [9.17, 15) is 19.7 Å². The Kier molecular flexibility index (Phi) is 4.21. The number of nitro benzene ring substituents is 1. The van der Waals surface area contributed by atoms with E-state index < -0.39 is 10.7 Å². The van der Waals surface area contributed by atoms with Crippen LogP contribution < -0.4 is 16.0 Å². The summed E-state index contributed by atoms with van der Waals surface area (Å²) in [5.74, 6) is -0.930. The van der Waals surface area contributed by atoms with E-state index in [1.165, 1.54) is 11.0 Å². The molecule has 9 nitrogen and oxygen atoms in total. The number of hydrogen-bond acceptors (Lipinski definition) is 6. The molecule has 0 bridgehead atoms. The Labute approximate surface area is 141 Å². The van der Waals surface area contributed by atoms with Crippen LogP contribution in [0.4, 0.5) is 17.1 Å². The van der Waals surface area contributed by atoms with Crippen molar-refractivity contribution < 1.29 is 14.1 Å². The Morgan fingerprint density at radius 3 is 2.84 bits per heavy atom. The third-order valence-electron chi connectivity index (χ3n) is 3.57. The van der Waals surface area contributed by atoms with E-state index in [1.807, 2.05) is 0 Å². The zero-order chi connectivity index (χ0) is 18.0. The molecule has 0 fully saturated rings. The Hall–Kier alpha value is -3.62. The van der Waals surface area contributed by atoms with Gasteiger partial charge in [-0.1, -0.05) is 12.1 Å². The Balaban J connectivity index is 1.73. The topological polar surface area (TPSA) is 121 Å². The van der Waals surface area contributed by atoms with Crippen molar-refractivity contribution in [3.8, 4) is 0 Å². The fourth-order valence-electron chi connectivity index (χ4n) is 2.47. The van der Waals surface area contributed by atoms with Crippen molar-refractivity contribution in [1.29, 1.82) is 0 Å². The molecule has 0 unspecified atom stereocenters. The average Bonchev–Trinajstić information content (AvgIpc) is 2.94. The number of benzene rings is 2. The summed E-state index contributed by atoms with van der Waals surface area (Å²) in [6.07, 6.45) is 0. The molecule has 1 aromatic heterocycles. The van der Waals surface area contributed by atoms with E-state index in [0.717, 1.165) is 0 Å². The first-order valence-corrected chi connectivity index (χ1v) is 7.31. The fourth-order valence-corrected chi connectivity index (χ4v) is 2.47. The molecule has 9 heteroatoms. The summed E-state index contributed by atoms with van der Waals surface area (Å²) in [5.41, 5.74) is 1.60. The van der Waals surface area contributed by atoms with Crippen LogP contribution in [0, 0.1) is 10.1 Å². The van der Waals surface area contributed by atoms with E-state index in [-0.39, 0.29) is 18.1 Å². The van der Waals surface area contributed by atoms with Gasteiger partial charge in [0.25, 0.3) is 5.69 Å². The Morgan fingerprint density at radius 2 is 2.08 bits per heavy atom. The van der Waals surface area contributed by atoms with Crippen molar-refractivity contribution >= 4 is 34.1 Å². The van der Waals surface area contributed by atoms with Crippen LogP contribution in [-0.2, 0) is 4.79 Å². The van der Waals surface area contributed by atoms with Gasteiger partial charge < -0.3 is 14.6 Å². The lowest BCUT2D eigenvalue weighted by Crippen LogP contribution is -2.30. The van der Waals surface area contributed by atoms with Gasteiger partial charge in [0.1, 0.15) is 5.69 Å². The molecule has 0 radical (unpaired) electrons. The zero-order valence-corrected chi connectivity index (χ0v) is 13.2. The summed E-state index contributed by atoms with van der Waals surface area (Å²) in [4.78, 5) is 37.9. The number of nitrogens with one attached hydrogen (secondary N) is 2. The molecule has 3 rings (SSSR count). The van der Waals surface area contributed by atoms with Crippen LogP contribution in [0.3, 0.4) is 0 Å². The van der Waals surface area contributed by atoms with Crippen LogP contribution >= 0.6 is 0 Å². The van der Waals surface area contributed by atoms with Gasteiger partial charge in [0.05, 0.1) is 17.0 Å². The minimum Gasteiger partial charge on any atom is -0.408 e. The van der Waals surface area contributed by atoms with E-state index >= 15 is 0 Å². The highest BCUT2D eigenvalue weighted by molar-refractivity contribution is 5.95. The van der Waals surface area contributed by atoms with E-state index in [0.29, 0.717) is 22.5 Å². The molecular formula is C16H14N4O5. The summed E-state index contributed by atoms with van der Waals surface area (Å²) in [6.45, 7) is -0.0786. The summed E-state index contributed by atoms with van der Waals surface area (Å²) in [7, 11) is 1.60. The maximum atomic E-state index is 12.2. The molecule has 0 atom stereocenters. The normalized spacial score (nSPS) is 10.6. The number of hydrogen-bond donors (Lipinski definition) is 2. The second-order valence-electron chi connectivity index (χ2n) is 5.38. The molecule has 3 aromatic rings. The third kappa shape index (κ3) is 3.50. The minimum atomic E-state index is -0.574. The lowest BCUT2D eigenvalue weighted by atomic mass is 10.2. The van der Waals surface area contributed by atoms with Crippen LogP contribution in [-0.4, -0.2) is 29.4 Å². The molecule has 0 saturated heterocycles. The molecule has 1 amide bonds. The molecule has 0 aliphatic rings. The molecule has 1 heterocycles. The lowest BCUT2D eigenvalue weighted by molar-refractivity contribution is -0.384. The maximum absolute atomic E-state index is 12.2. The fraction of sp³-hybridized carbons (Fsp3) is 0.125. The number of nitro groups is 1. The second kappa shape index (κ2) is 6.48. The van der Waals surface area contributed by atoms with Crippen LogP contribution in [0.2, 0.25) is 0 Å². The predicted molar refractivity (Wildman–Crippen MR) is 91.8 cm³/mol. The molecule has 0 aliphatic carbocycles. The number of aromatic amines is 1. The van der Waals surface area contributed by atoms with Gasteiger partial charge in [0.15, 0.2) is 5.58 Å². The first-order valence-electron chi connectivity index (χ1n) is 7.31. The maximum Gasteiger partial charge on any atom is 0.417 e. The standard InChI is InChI=1S/C16H14N4O5/c1-19(12-4-2-3-5-13(12)20(23)24)9-15(21)17-10-6-7-14-11(8-10)18-16(22)25-14/h2-8H,9H2,1H3,(H,17,21)(H,18,22). The van der Waals surface area contributed by atoms with Crippen molar-refractivity contribution in [2.45, 2.75) is 0 Å². The number of amides is 1. The van der Waals surface area contributed by atoms with E-state index in [2.05, 4.69) is 10.3 Å². The summed E-state index contributed by atoms with van der Waals surface area (Å²) in [6, 6.07) is 10.9. The first-order chi connectivity index (χ1) is 11.9. The van der Waals surface area contributed by atoms with Crippen LogP contribution in [0.25, 0.3) is 11.1 Å². The number of oxazole rings is 1. The number of para-hydroxylation sites is 2. The van der Waals surface area contributed by atoms with Gasteiger partial charge in [-0.05, 0) is 24.3 Å². The highest BCUT2D eigenvalue weighted by atomic mass is 16.6. The molecule has 0 spiro atoms. The Bertz CT molecular complexity index is 1010. The van der Waals surface area contributed by atoms with Crippen molar-refractivity contribution in [2.24, 2.45) is 0 Å². The van der Waals surface area contributed by atoms with E-state index in [1.54, 1.807) is 43.4 Å². The summed E-state index contributed by atoms with van der Waals surface area (Å²) in [5, 5.41) is 13.7. The number of fused-ring (bicyclic) bond motifs is 1. The number of anilines is 2. The monoisotopic (exact) mass is 342 g/mol. The number of nitrogens with zero attached hydrogens (tertiary/aromatic N) is 2. The van der Waals surface area contributed by atoms with Crippen molar-refractivity contribution in [2.75, 3.05) is 23.8 Å². The Morgan fingerprint density at radius 1 is 1.32 bits per heavy atom. The average molecular weight is 342 g/mol. The molecule has 2 N–H and O–H groups in total. The van der Waals surface area contributed by atoms with Gasteiger partial charge in [0, 0.05) is 18.8 Å². The SMILES string of the molecule is CN(CC(=O)Nc1ccc2oc(=O)[nH]c2c1)c1ccccc1[N+](=O)[O-]. The largest absolute Gasteiger partial charge is 0.417 e. The van der Waals surface area contributed by atoms with Crippen molar-refractivity contribution in [3.63, 3.8) is 0 Å². The summed E-state index contributed by atoms with van der Waals surface area (Å²) < 4.78 is 4.89. The first kappa shape index (κ1) is 16.2. The van der Waals surface area contributed by atoms with Crippen LogP contribution in [0.1, 0.15) is 0 Å². The second-order valence-corrected chi connectivity index (χ2v) is 5.38. The van der Waals surface area contributed by atoms with Gasteiger partial charge in [-0.15, -0.1) is 0 Å². The van der Waals surface area contributed by atoms with Gasteiger partial charge in [-0.25, -0.2) is 4.79 Å². The highest BCUT2D eigenvalue weighted by Crippen LogP contribution is 2.26. The smallest absolute Gasteiger partial charge is 0.408 e. The van der Waals surface area contributed by atoms with Gasteiger partial charge in [0.2, 0.25) is 5.91 Å². The molecule has 25 heavy (non-hydrogen) atoms. The molecular weight excluding hydrogens is 328 g/mol. The van der Waals surface area contributed by atoms with E-state index in [4.69, 9.17) is 4.42 Å². The van der Waals surface area contributed by atoms with Crippen molar-refractivity contribution in [1.82, 2.24) is 4.98 Å². The molecule has 2 aromatic carbocycles. The molecule has 128 valence electrons. The van der Waals surface area contributed by atoms with Gasteiger partial charge in [-0.3, -0.25) is 19.9 Å². The van der Waals surface area contributed by atoms with Crippen LogP contribution in [0.15, 0.2) is 51.7 Å². The molecule has 0 saturated carbocycles. The number of H-pyrrole nitrogens is 1. The van der Waals surface area contributed by atoms with Gasteiger partial charge >= 0.3 is 5.76 Å². The summed E-state index contributed by atoms with van der Waals surface area (Å²) >= 11 is 0.